The zero-order valence-corrected chi connectivity index (χ0v) is 12.4. The maximum atomic E-state index is 12.5. The average Bonchev–Trinajstić information content (AvgIpc) is 2.44. The normalized spacial score (nSPS) is 18.8. The molecule has 1 amide bonds. The standard InChI is InChI=1S/C13H14Cl2N2O3/c1-20-13(19)9-4-2-3-5-17(9)12(18)8-6-10(14)16-11(15)7-8/h6-7,9H,2-5H2,1H3/t9-/m1/s1. The van der Waals surface area contributed by atoms with Crippen molar-refractivity contribution in [3.63, 3.8) is 0 Å². The van der Waals surface area contributed by atoms with Crippen molar-refractivity contribution in [3.8, 4) is 0 Å². The number of aromatic nitrogens is 1. The lowest BCUT2D eigenvalue weighted by atomic mass is 10.0. The number of methoxy groups -OCH3 is 1. The molecule has 1 aliphatic heterocycles. The zero-order valence-electron chi connectivity index (χ0n) is 10.9. The van der Waals surface area contributed by atoms with Crippen LogP contribution >= 0.6 is 23.2 Å². The predicted molar refractivity (Wildman–Crippen MR) is 74.9 cm³/mol. The van der Waals surface area contributed by atoms with Crippen LogP contribution in [0.4, 0.5) is 0 Å². The van der Waals surface area contributed by atoms with E-state index in [0.717, 1.165) is 12.8 Å². The molecule has 0 unspecified atom stereocenters. The van der Waals surface area contributed by atoms with Crippen molar-refractivity contribution in [2.75, 3.05) is 13.7 Å². The second-order valence-electron chi connectivity index (χ2n) is 4.53. The molecule has 20 heavy (non-hydrogen) atoms. The number of hydrogen-bond acceptors (Lipinski definition) is 4. The van der Waals surface area contributed by atoms with E-state index in [4.69, 9.17) is 27.9 Å². The van der Waals surface area contributed by atoms with Crippen LogP contribution < -0.4 is 0 Å². The summed E-state index contributed by atoms with van der Waals surface area (Å²) in [4.78, 5) is 29.6. The van der Waals surface area contributed by atoms with Crippen LogP contribution in [0, 0.1) is 0 Å². The highest BCUT2D eigenvalue weighted by Gasteiger charge is 2.33. The Morgan fingerprint density at radius 2 is 1.95 bits per heavy atom. The number of piperidine rings is 1. The number of nitrogens with zero attached hydrogens (tertiary/aromatic N) is 2. The SMILES string of the molecule is COC(=O)[C@H]1CCCCN1C(=O)c1cc(Cl)nc(Cl)c1. The number of amides is 1. The molecule has 108 valence electrons. The summed E-state index contributed by atoms with van der Waals surface area (Å²) >= 11 is 11.6. The van der Waals surface area contributed by atoms with Crippen LogP contribution in [0.2, 0.25) is 10.3 Å². The second kappa shape index (κ2) is 6.41. The second-order valence-corrected chi connectivity index (χ2v) is 5.31. The number of hydrogen-bond donors (Lipinski definition) is 0. The first-order valence-corrected chi connectivity index (χ1v) is 7.00. The van der Waals surface area contributed by atoms with E-state index < -0.39 is 12.0 Å². The summed E-state index contributed by atoms with van der Waals surface area (Å²) in [6.45, 7) is 0.510. The minimum Gasteiger partial charge on any atom is -0.467 e. The van der Waals surface area contributed by atoms with Crippen LogP contribution in [0.1, 0.15) is 29.6 Å². The number of esters is 1. The molecule has 1 atom stereocenters. The van der Waals surface area contributed by atoms with Crippen LogP contribution in [0.25, 0.3) is 0 Å². The summed E-state index contributed by atoms with van der Waals surface area (Å²) in [6, 6.07) is 2.34. The first-order chi connectivity index (χ1) is 9.52. The molecule has 2 heterocycles. The predicted octanol–water partition coefficient (Wildman–Crippen LogP) is 2.56. The van der Waals surface area contributed by atoms with Gasteiger partial charge >= 0.3 is 5.97 Å². The molecule has 0 bridgehead atoms. The van der Waals surface area contributed by atoms with E-state index in [1.807, 2.05) is 0 Å². The number of carbonyl (C=O) groups is 2. The Balaban J connectivity index is 2.27. The van der Waals surface area contributed by atoms with Crippen LogP contribution in [-0.2, 0) is 9.53 Å². The number of pyridine rings is 1. The molecule has 2 rings (SSSR count). The van der Waals surface area contributed by atoms with Crippen LogP contribution in [0.3, 0.4) is 0 Å². The summed E-state index contributed by atoms with van der Waals surface area (Å²) in [5, 5.41) is 0.292. The van der Waals surface area contributed by atoms with Gasteiger partial charge in [0.05, 0.1) is 7.11 Å². The molecule has 1 aromatic rings. The topological polar surface area (TPSA) is 59.5 Å². The van der Waals surface area contributed by atoms with Crippen LogP contribution in [0.15, 0.2) is 12.1 Å². The van der Waals surface area contributed by atoms with Gasteiger partial charge in [0, 0.05) is 12.1 Å². The lowest BCUT2D eigenvalue weighted by Crippen LogP contribution is -2.48. The molecular formula is C13H14Cl2N2O3. The van der Waals surface area contributed by atoms with Gasteiger partial charge in [-0.3, -0.25) is 4.79 Å². The van der Waals surface area contributed by atoms with Gasteiger partial charge in [-0.2, -0.15) is 0 Å². The Hall–Kier alpha value is -1.33. The maximum absolute atomic E-state index is 12.5. The monoisotopic (exact) mass is 316 g/mol. The minimum atomic E-state index is -0.549. The van der Waals surface area contributed by atoms with Crippen molar-refractivity contribution in [2.24, 2.45) is 0 Å². The highest BCUT2D eigenvalue weighted by atomic mass is 35.5. The zero-order chi connectivity index (χ0) is 14.7. The summed E-state index contributed by atoms with van der Waals surface area (Å²) in [5.74, 6) is -0.685. The van der Waals surface area contributed by atoms with E-state index in [1.165, 1.54) is 24.1 Å². The molecule has 0 aromatic carbocycles. The largest absolute Gasteiger partial charge is 0.467 e. The Kier molecular flexibility index (Phi) is 4.83. The van der Waals surface area contributed by atoms with Crippen molar-refractivity contribution in [1.29, 1.82) is 0 Å². The lowest BCUT2D eigenvalue weighted by Gasteiger charge is -2.33. The van der Waals surface area contributed by atoms with E-state index in [0.29, 0.717) is 18.5 Å². The van der Waals surface area contributed by atoms with Crippen LogP contribution in [-0.4, -0.2) is 41.5 Å². The van der Waals surface area contributed by atoms with E-state index in [1.54, 1.807) is 0 Å². The van der Waals surface area contributed by atoms with Gasteiger partial charge in [0.2, 0.25) is 0 Å². The number of halogens is 2. The molecule has 1 aliphatic rings. The van der Waals surface area contributed by atoms with E-state index in [9.17, 15) is 9.59 Å². The summed E-state index contributed by atoms with van der Waals surface area (Å²) < 4.78 is 4.76. The molecule has 7 heteroatoms. The fourth-order valence-electron chi connectivity index (χ4n) is 2.31. The van der Waals surface area contributed by atoms with Gasteiger partial charge in [0.25, 0.3) is 5.91 Å². The van der Waals surface area contributed by atoms with Gasteiger partial charge in [0.15, 0.2) is 0 Å². The average molecular weight is 317 g/mol. The molecular weight excluding hydrogens is 303 g/mol. The third-order valence-electron chi connectivity index (χ3n) is 3.25. The molecule has 0 N–H and O–H groups in total. The highest BCUT2D eigenvalue weighted by Crippen LogP contribution is 2.23. The van der Waals surface area contributed by atoms with Crippen LogP contribution in [0.5, 0.6) is 0 Å². The van der Waals surface area contributed by atoms with Gasteiger partial charge in [-0.1, -0.05) is 23.2 Å². The Morgan fingerprint density at radius 3 is 2.55 bits per heavy atom. The van der Waals surface area contributed by atoms with Crippen molar-refractivity contribution in [3.05, 3.63) is 28.0 Å². The minimum absolute atomic E-state index is 0.146. The van der Waals surface area contributed by atoms with Gasteiger partial charge < -0.3 is 9.64 Å². The summed E-state index contributed by atoms with van der Waals surface area (Å²) in [5.41, 5.74) is 0.325. The van der Waals surface area contributed by atoms with Gasteiger partial charge in [-0.25, -0.2) is 9.78 Å². The van der Waals surface area contributed by atoms with Crippen molar-refractivity contribution < 1.29 is 14.3 Å². The van der Waals surface area contributed by atoms with Gasteiger partial charge in [-0.15, -0.1) is 0 Å². The molecule has 0 radical (unpaired) electrons. The molecule has 0 aliphatic carbocycles. The Morgan fingerprint density at radius 1 is 1.30 bits per heavy atom. The Bertz CT molecular complexity index is 516. The quantitative estimate of drug-likeness (QED) is 0.621. The molecule has 1 fully saturated rings. The molecule has 1 saturated heterocycles. The first-order valence-electron chi connectivity index (χ1n) is 6.25. The number of carbonyl (C=O) groups excluding carboxylic acids is 2. The molecule has 0 spiro atoms. The van der Waals surface area contributed by atoms with E-state index >= 15 is 0 Å². The summed E-state index contributed by atoms with van der Waals surface area (Å²) in [7, 11) is 1.32. The van der Waals surface area contributed by atoms with E-state index in [-0.39, 0.29) is 16.2 Å². The third kappa shape index (κ3) is 3.22. The summed E-state index contributed by atoms with van der Waals surface area (Å²) in [6.07, 6.45) is 2.35. The van der Waals surface area contributed by atoms with Crippen molar-refractivity contribution >= 4 is 35.1 Å². The fourth-order valence-corrected chi connectivity index (χ4v) is 2.77. The van der Waals surface area contributed by atoms with Gasteiger partial charge in [-0.05, 0) is 31.4 Å². The number of ether oxygens (including phenoxy) is 1. The smallest absolute Gasteiger partial charge is 0.328 e. The van der Waals surface area contributed by atoms with Gasteiger partial charge in [0.1, 0.15) is 16.3 Å². The highest BCUT2D eigenvalue weighted by molar-refractivity contribution is 6.33. The first kappa shape index (κ1) is 15.1. The maximum Gasteiger partial charge on any atom is 0.328 e. The molecule has 1 aromatic heterocycles. The fraction of sp³-hybridized carbons (Fsp3) is 0.462. The third-order valence-corrected chi connectivity index (χ3v) is 3.63. The molecule has 5 nitrogen and oxygen atoms in total. The number of likely N-dealkylation sites (tertiary alicyclic amines) is 1. The molecule has 0 saturated carbocycles. The van der Waals surface area contributed by atoms with Crippen molar-refractivity contribution in [2.45, 2.75) is 25.3 Å². The van der Waals surface area contributed by atoms with Crippen molar-refractivity contribution in [1.82, 2.24) is 9.88 Å². The lowest BCUT2D eigenvalue weighted by molar-refractivity contribution is -0.147. The number of rotatable bonds is 2. The van der Waals surface area contributed by atoms with E-state index in [2.05, 4.69) is 4.98 Å². The Labute approximate surface area is 126 Å².